The summed E-state index contributed by atoms with van der Waals surface area (Å²) in [6.45, 7) is 0.256. The van der Waals surface area contributed by atoms with Crippen molar-refractivity contribution in [1.82, 2.24) is 0 Å². The van der Waals surface area contributed by atoms with Crippen molar-refractivity contribution in [3.8, 4) is 0 Å². The van der Waals surface area contributed by atoms with Gasteiger partial charge in [-0.15, -0.1) is 0 Å². The molecular formula is C5H12NO4PS. The van der Waals surface area contributed by atoms with Crippen LogP contribution in [0.3, 0.4) is 0 Å². The Morgan fingerprint density at radius 2 is 2.25 bits per heavy atom. The van der Waals surface area contributed by atoms with Gasteiger partial charge in [-0.2, -0.15) is 0 Å². The lowest BCUT2D eigenvalue weighted by molar-refractivity contribution is 0.230. The van der Waals surface area contributed by atoms with Gasteiger partial charge >= 0.3 is 7.60 Å². The monoisotopic (exact) mass is 213 g/mol. The minimum atomic E-state index is -3.56. The topological polar surface area (TPSA) is 78.6 Å². The number of carbonyl (C=O) groups excluding carboxylic acids is 1. The predicted octanol–water partition coefficient (Wildman–Crippen LogP) is 1.28. The van der Waals surface area contributed by atoms with Crippen LogP contribution in [0.4, 0.5) is 4.79 Å². The molecule has 1 unspecified atom stereocenters. The van der Waals surface area contributed by atoms with Gasteiger partial charge in [0, 0.05) is 13.7 Å². The van der Waals surface area contributed by atoms with Gasteiger partial charge in [-0.05, 0) is 6.26 Å². The standard InChI is InChI=1S/C5H12NO4PS/c1-9-11(8,5(7)12-2)10-4-3-6/h3-4,6H2,1-2H3. The molecule has 0 bridgehead atoms. The smallest absolute Gasteiger partial charge is 0.328 e. The molecule has 0 saturated carbocycles. The second-order valence-corrected chi connectivity index (χ2v) is 4.88. The van der Waals surface area contributed by atoms with Crippen molar-refractivity contribution in [3.63, 3.8) is 0 Å². The van der Waals surface area contributed by atoms with E-state index in [9.17, 15) is 9.36 Å². The molecule has 0 aromatic carbocycles. The number of carbonyl (C=O) groups is 1. The summed E-state index contributed by atoms with van der Waals surface area (Å²) in [6.07, 6.45) is 1.51. The summed E-state index contributed by atoms with van der Waals surface area (Å²) in [5.41, 5.74) is 5.11. The van der Waals surface area contributed by atoms with Crippen LogP contribution in [0.5, 0.6) is 0 Å². The Labute approximate surface area is 75.5 Å². The normalized spacial score (nSPS) is 15.6. The van der Waals surface area contributed by atoms with E-state index >= 15 is 0 Å². The highest BCUT2D eigenvalue weighted by molar-refractivity contribution is 8.24. The molecular weight excluding hydrogens is 201 g/mol. The molecule has 0 aliphatic carbocycles. The lowest BCUT2D eigenvalue weighted by Gasteiger charge is -2.12. The molecule has 0 radical (unpaired) electrons. The Morgan fingerprint density at radius 1 is 1.67 bits per heavy atom. The zero-order valence-electron chi connectivity index (χ0n) is 6.98. The number of rotatable bonds is 5. The third-order valence-corrected chi connectivity index (χ3v) is 4.04. The van der Waals surface area contributed by atoms with Crippen molar-refractivity contribution in [1.29, 1.82) is 0 Å². The van der Waals surface area contributed by atoms with Crippen LogP contribution < -0.4 is 5.73 Å². The van der Waals surface area contributed by atoms with E-state index in [4.69, 9.17) is 10.3 Å². The second kappa shape index (κ2) is 5.72. The fourth-order valence-electron chi connectivity index (χ4n) is 0.465. The number of thioether (sulfide) groups is 1. The van der Waals surface area contributed by atoms with Crippen molar-refractivity contribution < 1.29 is 18.4 Å². The van der Waals surface area contributed by atoms with Crippen molar-refractivity contribution in [2.24, 2.45) is 5.73 Å². The summed E-state index contributed by atoms with van der Waals surface area (Å²) in [4.78, 5) is 10.4. The van der Waals surface area contributed by atoms with Gasteiger partial charge in [0.25, 0.3) is 4.86 Å². The molecule has 5 nitrogen and oxygen atoms in total. The minimum absolute atomic E-state index is 0.0530. The minimum Gasteiger partial charge on any atom is -0.328 e. The molecule has 0 heterocycles. The van der Waals surface area contributed by atoms with Gasteiger partial charge in [0.05, 0.1) is 6.61 Å². The van der Waals surface area contributed by atoms with E-state index in [1.54, 1.807) is 0 Å². The molecule has 1 atom stereocenters. The van der Waals surface area contributed by atoms with E-state index in [1.807, 2.05) is 0 Å². The van der Waals surface area contributed by atoms with Crippen LogP contribution in [0, 0.1) is 0 Å². The highest BCUT2D eigenvalue weighted by atomic mass is 32.2. The molecule has 0 rings (SSSR count). The predicted molar refractivity (Wildman–Crippen MR) is 48.5 cm³/mol. The van der Waals surface area contributed by atoms with E-state index in [0.717, 1.165) is 11.8 Å². The van der Waals surface area contributed by atoms with E-state index in [2.05, 4.69) is 4.52 Å². The lowest BCUT2D eigenvalue weighted by atomic mass is 10.8. The Balaban J connectivity index is 4.24. The molecule has 0 aromatic heterocycles. The molecule has 0 spiro atoms. The van der Waals surface area contributed by atoms with Gasteiger partial charge < -0.3 is 14.8 Å². The third kappa shape index (κ3) is 3.25. The highest BCUT2D eigenvalue weighted by Crippen LogP contribution is 2.51. The van der Waals surface area contributed by atoms with Gasteiger partial charge in [0.2, 0.25) is 0 Å². The highest BCUT2D eigenvalue weighted by Gasteiger charge is 2.32. The van der Waals surface area contributed by atoms with Crippen LogP contribution in [-0.4, -0.2) is 31.4 Å². The van der Waals surface area contributed by atoms with E-state index < -0.39 is 12.5 Å². The average molecular weight is 213 g/mol. The van der Waals surface area contributed by atoms with Gasteiger partial charge in [-0.1, -0.05) is 11.8 Å². The largest absolute Gasteiger partial charge is 0.407 e. The van der Waals surface area contributed by atoms with Crippen molar-refractivity contribution in [2.75, 3.05) is 26.5 Å². The Hall–Kier alpha value is 0.130. The van der Waals surface area contributed by atoms with E-state index in [1.165, 1.54) is 13.4 Å². The lowest BCUT2D eigenvalue weighted by Crippen LogP contribution is -2.09. The first-order chi connectivity index (χ1) is 5.60. The molecule has 0 aromatic rings. The maximum atomic E-state index is 11.4. The van der Waals surface area contributed by atoms with Gasteiger partial charge in [-0.25, -0.2) is 0 Å². The van der Waals surface area contributed by atoms with Crippen molar-refractivity contribution in [3.05, 3.63) is 0 Å². The zero-order chi connectivity index (χ0) is 9.61. The van der Waals surface area contributed by atoms with Crippen LogP contribution in [-0.2, 0) is 13.6 Å². The Bertz CT molecular complexity index is 198. The zero-order valence-corrected chi connectivity index (χ0v) is 8.69. The summed E-state index contributed by atoms with van der Waals surface area (Å²) >= 11 is 0.814. The Morgan fingerprint density at radius 3 is 2.58 bits per heavy atom. The second-order valence-electron chi connectivity index (χ2n) is 1.77. The first-order valence-corrected chi connectivity index (χ1v) is 5.96. The molecule has 0 fully saturated rings. The summed E-state index contributed by atoms with van der Waals surface area (Å²) in [5, 5.41) is 0. The molecule has 72 valence electrons. The molecule has 0 aliphatic heterocycles. The number of nitrogens with two attached hydrogens (primary N) is 1. The van der Waals surface area contributed by atoms with Gasteiger partial charge in [-0.3, -0.25) is 9.36 Å². The molecule has 0 aliphatic rings. The van der Waals surface area contributed by atoms with Gasteiger partial charge in [0.15, 0.2) is 0 Å². The quantitative estimate of drug-likeness (QED) is 0.693. The number of hydrogen-bond acceptors (Lipinski definition) is 6. The number of hydrogen-bond donors (Lipinski definition) is 1. The first kappa shape index (κ1) is 12.1. The molecule has 0 saturated heterocycles. The molecule has 2 N–H and O–H groups in total. The SMILES string of the molecule is COP(=O)(OCCN)C(=O)SC. The fourth-order valence-corrected chi connectivity index (χ4v) is 2.45. The van der Waals surface area contributed by atoms with E-state index in [-0.39, 0.29) is 13.2 Å². The van der Waals surface area contributed by atoms with Crippen LogP contribution in [0.25, 0.3) is 0 Å². The summed E-state index contributed by atoms with van der Waals surface area (Å²) in [5.74, 6) is 0. The van der Waals surface area contributed by atoms with Crippen molar-refractivity contribution >= 4 is 24.2 Å². The first-order valence-electron chi connectivity index (χ1n) is 3.19. The van der Waals surface area contributed by atoms with Crippen LogP contribution in [0.15, 0.2) is 0 Å². The Kier molecular flexibility index (Phi) is 5.78. The summed E-state index contributed by atoms with van der Waals surface area (Å²) in [7, 11) is -2.39. The maximum absolute atomic E-state index is 11.4. The molecule has 7 heteroatoms. The molecule has 12 heavy (non-hydrogen) atoms. The fraction of sp³-hybridized carbons (Fsp3) is 0.800. The van der Waals surface area contributed by atoms with Crippen molar-refractivity contribution in [2.45, 2.75) is 0 Å². The van der Waals surface area contributed by atoms with Crippen LogP contribution >= 0.6 is 19.4 Å². The maximum Gasteiger partial charge on any atom is 0.407 e. The summed E-state index contributed by atoms with van der Waals surface area (Å²) < 4.78 is 20.6. The van der Waals surface area contributed by atoms with Crippen LogP contribution in [0.2, 0.25) is 0 Å². The van der Waals surface area contributed by atoms with Crippen LogP contribution in [0.1, 0.15) is 0 Å². The summed E-state index contributed by atoms with van der Waals surface area (Å²) in [6, 6.07) is 0. The third-order valence-electron chi connectivity index (χ3n) is 1.02. The average Bonchev–Trinajstić information content (AvgIpc) is 2.12. The molecule has 0 amide bonds. The van der Waals surface area contributed by atoms with E-state index in [0.29, 0.717) is 0 Å². The van der Waals surface area contributed by atoms with Gasteiger partial charge in [0.1, 0.15) is 0 Å².